The molecular formula is C31H47N5O5. The quantitative estimate of drug-likeness (QED) is 0.122. The summed E-state index contributed by atoms with van der Waals surface area (Å²) in [7, 11) is 3.24. The fourth-order valence-electron chi connectivity index (χ4n) is 5.97. The van der Waals surface area contributed by atoms with Gasteiger partial charge in [-0.25, -0.2) is 4.99 Å². The summed E-state index contributed by atoms with van der Waals surface area (Å²) >= 11 is 0. The van der Waals surface area contributed by atoms with Crippen LogP contribution in [0.25, 0.3) is 0 Å². The van der Waals surface area contributed by atoms with Crippen LogP contribution in [-0.4, -0.2) is 88.5 Å². The number of ether oxygens (including phenoxy) is 4. The zero-order valence-corrected chi connectivity index (χ0v) is 24.8. The van der Waals surface area contributed by atoms with Gasteiger partial charge in [0.2, 0.25) is 0 Å². The number of benzene rings is 1. The van der Waals surface area contributed by atoms with Crippen LogP contribution in [0, 0.1) is 6.92 Å². The molecule has 226 valence electrons. The van der Waals surface area contributed by atoms with E-state index in [0.717, 1.165) is 51.5 Å². The van der Waals surface area contributed by atoms with Crippen molar-refractivity contribution >= 4 is 12.2 Å². The fraction of sp³-hybridized carbons (Fsp3) is 0.613. The molecule has 0 bridgehead atoms. The molecule has 3 heterocycles. The maximum atomic E-state index is 13.6. The van der Waals surface area contributed by atoms with Crippen LogP contribution in [-0.2, 0) is 23.7 Å². The third-order valence-electron chi connectivity index (χ3n) is 8.24. The maximum Gasteiger partial charge on any atom is 0.276 e. The third kappa shape index (κ3) is 8.31. The summed E-state index contributed by atoms with van der Waals surface area (Å²) in [6.45, 7) is 9.35. The molecule has 4 atom stereocenters. The van der Waals surface area contributed by atoms with Crippen LogP contribution in [0.15, 0.2) is 53.0 Å². The molecule has 10 heteroatoms. The fourth-order valence-corrected chi connectivity index (χ4v) is 5.97. The van der Waals surface area contributed by atoms with Crippen LogP contribution in [0.1, 0.15) is 55.8 Å². The molecule has 0 aliphatic carbocycles. The topological polar surface area (TPSA) is 120 Å². The van der Waals surface area contributed by atoms with Crippen LogP contribution in [0.2, 0.25) is 0 Å². The number of rotatable bonds is 11. The van der Waals surface area contributed by atoms with Crippen LogP contribution < -0.4 is 16.4 Å². The first-order chi connectivity index (χ1) is 19.9. The predicted molar refractivity (Wildman–Crippen MR) is 159 cm³/mol. The smallest absolute Gasteiger partial charge is 0.276 e. The minimum Gasteiger partial charge on any atom is -0.492 e. The Labute approximate surface area is 244 Å². The summed E-state index contributed by atoms with van der Waals surface area (Å²) in [6.07, 6.45) is 6.88. The van der Waals surface area contributed by atoms with Crippen molar-refractivity contribution in [3.63, 3.8) is 0 Å². The number of hydrogen-bond donors (Lipinski definition) is 3. The lowest BCUT2D eigenvalue weighted by atomic mass is 9.97. The highest BCUT2D eigenvalue weighted by Crippen LogP contribution is 2.31. The minimum atomic E-state index is -0.223. The standard InChI is InChI=1S/C31H47N5O5/c1-21-7-5-8-23(17-21)27-10-6-9-25(41-27)18-33-22(2)30(39-4)29(34-20-32)31(37)36-14-11-24(12-15-36)35-26-13-16-40-19-28(26)38-3/h5,7-8,17,20,24-28,33,35H,2,6,9-16,18-19H2,1,3-4H3,(H2,32,34)/b30-29+/t25-,26-,27+,28+/m1/s1. The highest BCUT2D eigenvalue weighted by atomic mass is 16.5. The molecule has 1 amide bonds. The molecule has 3 fully saturated rings. The first-order valence-corrected chi connectivity index (χ1v) is 14.8. The minimum absolute atomic E-state index is 0.0150. The highest BCUT2D eigenvalue weighted by molar-refractivity contribution is 5.95. The molecule has 0 spiro atoms. The molecule has 3 saturated heterocycles. The van der Waals surface area contributed by atoms with E-state index in [1.165, 1.54) is 18.2 Å². The van der Waals surface area contributed by atoms with E-state index in [2.05, 4.69) is 53.4 Å². The number of aliphatic imine (C=N–C) groups is 1. The Bertz CT molecular complexity index is 1080. The van der Waals surface area contributed by atoms with Crippen LogP contribution in [0.3, 0.4) is 0 Å². The average molecular weight is 570 g/mol. The lowest BCUT2D eigenvalue weighted by Gasteiger charge is -2.38. The Morgan fingerprint density at radius 2 is 2.02 bits per heavy atom. The molecule has 3 aliphatic heterocycles. The Morgan fingerprint density at radius 3 is 2.73 bits per heavy atom. The van der Waals surface area contributed by atoms with Gasteiger partial charge in [0.1, 0.15) is 0 Å². The average Bonchev–Trinajstić information content (AvgIpc) is 3.00. The number of aryl methyl sites for hydroxylation is 1. The number of nitrogens with two attached hydrogens (primary N) is 1. The van der Waals surface area contributed by atoms with Crippen LogP contribution in [0.4, 0.5) is 0 Å². The Hall–Kier alpha value is -2.92. The second-order valence-electron chi connectivity index (χ2n) is 11.1. The summed E-state index contributed by atoms with van der Waals surface area (Å²) in [5.74, 6) is 0.0624. The van der Waals surface area contributed by atoms with Crippen molar-refractivity contribution in [1.29, 1.82) is 0 Å². The number of piperidine rings is 1. The molecule has 4 N–H and O–H groups in total. The van der Waals surface area contributed by atoms with Gasteiger partial charge in [0, 0.05) is 45.4 Å². The van der Waals surface area contributed by atoms with Crippen molar-refractivity contribution in [3.8, 4) is 0 Å². The summed E-state index contributed by atoms with van der Waals surface area (Å²) in [4.78, 5) is 19.6. The van der Waals surface area contributed by atoms with Crippen molar-refractivity contribution in [1.82, 2.24) is 15.5 Å². The van der Waals surface area contributed by atoms with E-state index < -0.39 is 0 Å². The number of nitrogens with zero attached hydrogens (tertiary/aromatic N) is 2. The summed E-state index contributed by atoms with van der Waals surface area (Å²) < 4.78 is 23.2. The summed E-state index contributed by atoms with van der Waals surface area (Å²) in [5.41, 5.74) is 8.72. The van der Waals surface area contributed by atoms with Gasteiger partial charge in [0.15, 0.2) is 11.5 Å². The number of likely N-dealkylation sites (tertiary alicyclic amines) is 1. The molecule has 0 saturated carbocycles. The van der Waals surface area contributed by atoms with Gasteiger partial charge in [-0.2, -0.15) is 0 Å². The van der Waals surface area contributed by atoms with Gasteiger partial charge in [0.05, 0.1) is 44.1 Å². The van der Waals surface area contributed by atoms with Crippen LogP contribution in [0.5, 0.6) is 0 Å². The van der Waals surface area contributed by atoms with E-state index in [0.29, 0.717) is 38.0 Å². The first-order valence-electron chi connectivity index (χ1n) is 14.8. The van der Waals surface area contributed by atoms with Crippen molar-refractivity contribution in [2.45, 2.75) is 75.8 Å². The number of methoxy groups -OCH3 is 2. The number of hydrogen-bond acceptors (Lipinski definition) is 8. The molecule has 1 aromatic carbocycles. The molecule has 0 aromatic heterocycles. The third-order valence-corrected chi connectivity index (χ3v) is 8.24. The summed E-state index contributed by atoms with van der Waals surface area (Å²) in [6, 6.07) is 9.05. The van der Waals surface area contributed by atoms with Gasteiger partial charge in [-0.3, -0.25) is 4.79 Å². The molecule has 10 nitrogen and oxygen atoms in total. The highest BCUT2D eigenvalue weighted by Gasteiger charge is 2.32. The molecule has 4 rings (SSSR count). The van der Waals surface area contributed by atoms with Crippen molar-refractivity contribution in [2.75, 3.05) is 47.1 Å². The largest absolute Gasteiger partial charge is 0.492 e. The lowest BCUT2D eigenvalue weighted by Crippen LogP contribution is -2.54. The predicted octanol–water partition coefficient (Wildman–Crippen LogP) is 2.94. The van der Waals surface area contributed by atoms with Gasteiger partial charge < -0.3 is 40.2 Å². The molecule has 3 aliphatic rings. The Balaban J connectivity index is 1.33. The van der Waals surface area contributed by atoms with Crippen molar-refractivity contribution in [2.24, 2.45) is 10.7 Å². The number of carbonyl (C=O) groups is 1. The lowest BCUT2D eigenvalue weighted by molar-refractivity contribution is -0.128. The monoisotopic (exact) mass is 569 g/mol. The second kappa shape index (κ2) is 15.3. The molecule has 0 radical (unpaired) electrons. The Kier molecular flexibility index (Phi) is 11.6. The molecule has 1 aromatic rings. The first kappa shape index (κ1) is 31.0. The van der Waals surface area contributed by atoms with Crippen LogP contribution >= 0.6 is 0 Å². The van der Waals surface area contributed by atoms with E-state index in [4.69, 9.17) is 24.7 Å². The Morgan fingerprint density at radius 1 is 1.22 bits per heavy atom. The van der Waals surface area contributed by atoms with Crippen molar-refractivity contribution in [3.05, 3.63) is 59.1 Å². The number of amides is 1. The molecular weight excluding hydrogens is 522 g/mol. The van der Waals surface area contributed by atoms with E-state index >= 15 is 0 Å². The van der Waals surface area contributed by atoms with Crippen molar-refractivity contribution < 1.29 is 23.7 Å². The number of carbonyl (C=O) groups excluding carboxylic acids is 1. The summed E-state index contributed by atoms with van der Waals surface area (Å²) in [5, 5.41) is 7.05. The van der Waals surface area contributed by atoms with E-state index in [1.54, 1.807) is 12.0 Å². The second-order valence-corrected chi connectivity index (χ2v) is 11.1. The van der Waals surface area contributed by atoms with Gasteiger partial charge in [-0.15, -0.1) is 0 Å². The maximum absolute atomic E-state index is 13.6. The van der Waals surface area contributed by atoms with E-state index in [-0.39, 0.29) is 41.7 Å². The van der Waals surface area contributed by atoms with Gasteiger partial charge in [0.25, 0.3) is 5.91 Å². The SMILES string of the molecule is C=C(NC[C@H]1CCC[C@@H](c2cccc(C)c2)O1)/C(OC)=C(\N=CN)C(=O)N1CCC(N[C@@H]2CCOC[C@@H]2OC)CC1. The number of nitrogens with one attached hydrogen (secondary N) is 2. The zero-order chi connectivity index (χ0) is 29.2. The van der Waals surface area contributed by atoms with Gasteiger partial charge in [-0.1, -0.05) is 36.4 Å². The molecule has 0 unspecified atom stereocenters. The van der Waals surface area contributed by atoms with Gasteiger partial charge >= 0.3 is 0 Å². The van der Waals surface area contributed by atoms with E-state index in [1.807, 2.05) is 0 Å². The van der Waals surface area contributed by atoms with E-state index in [9.17, 15) is 4.79 Å². The normalized spacial score (nSPS) is 26.5. The van der Waals surface area contributed by atoms with Gasteiger partial charge in [-0.05, 0) is 51.0 Å². The molecule has 41 heavy (non-hydrogen) atoms. The zero-order valence-electron chi connectivity index (χ0n) is 24.8.